The average Bonchev–Trinajstić information content (AvgIpc) is 3.08. The summed E-state index contributed by atoms with van der Waals surface area (Å²) in [5, 5.41) is 12.7. The number of hydrogen-bond donors (Lipinski definition) is 2. The largest absolute Gasteiger partial charge is 0.487 e. The van der Waals surface area contributed by atoms with Crippen LogP contribution in [0.5, 0.6) is 5.75 Å². The Hall–Kier alpha value is -3.42. The highest BCUT2D eigenvalue weighted by atomic mass is 35.5. The topological polar surface area (TPSA) is 72.2 Å². The molecule has 0 bridgehead atoms. The zero-order valence-electron chi connectivity index (χ0n) is 16.7. The van der Waals surface area contributed by atoms with Crippen LogP contribution in [0.4, 0.5) is 15.9 Å². The first kappa shape index (κ1) is 20.8. The summed E-state index contributed by atoms with van der Waals surface area (Å²) in [5.74, 6) is 0.818. The van der Waals surface area contributed by atoms with Crippen LogP contribution < -0.4 is 10.1 Å². The Morgan fingerprint density at radius 2 is 2.06 bits per heavy atom. The van der Waals surface area contributed by atoms with Crippen molar-refractivity contribution in [3.8, 4) is 5.75 Å². The first-order valence-corrected chi connectivity index (χ1v) is 9.94. The first-order chi connectivity index (χ1) is 15.0. The van der Waals surface area contributed by atoms with Gasteiger partial charge in [-0.2, -0.15) is 0 Å². The Morgan fingerprint density at radius 1 is 1.19 bits per heavy atom. The van der Waals surface area contributed by atoms with Gasteiger partial charge in [0.05, 0.1) is 17.1 Å². The molecule has 0 aliphatic rings. The van der Waals surface area contributed by atoms with E-state index >= 15 is 0 Å². The molecule has 2 aromatic carbocycles. The van der Waals surface area contributed by atoms with Crippen LogP contribution in [-0.2, 0) is 13.7 Å². The summed E-state index contributed by atoms with van der Waals surface area (Å²) in [5.41, 5.74) is 3.95. The van der Waals surface area contributed by atoms with Gasteiger partial charge in [0.25, 0.3) is 0 Å². The van der Waals surface area contributed by atoms with Gasteiger partial charge in [-0.1, -0.05) is 29.8 Å². The minimum atomic E-state index is -0.307. The Balaban J connectivity index is 1.54. The van der Waals surface area contributed by atoms with E-state index in [9.17, 15) is 4.39 Å². The number of hydrogen-bond acceptors (Lipinski definition) is 5. The molecule has 2 heterocycles. The molecule has 0 amide bonds. The van der Waals surface area contributed by atoms with E-state index in [1.165, 1.54) is 18.5 Å². The van der Waals surface area contributed by atoms with Gasteiger partial charge in [0.2, 0.25) is 0 Å². The number of nitrogens with one attached hydrogen (secondary N) is 1. The van der Waals surface area contributed by atoms with Crippen LogP contribution >= 0.6 is 11.6 Å². The summed E-state index contributed by atoms with van der Waals surface area (Å²) in [4.78, 5) is 8.69. The van der Waals surface area contributed by atoms with Gasteiger partial charge in [-0.15, -0.1) is 0 Å². The van der Waals surface area contributed by atoms with Crippen LogP contribution in [-0.4, -0.2) is 26.2 Å². The second kappa shape index (κ2) is 9.16. The highest BCUT2D eigenvalue weighted by Crippen LogP contribution is 2.31. The van der Waals surface area contributed by atoms with E-state index in [0.717, 1.165) is 28.0 Å². The van der Waals surface area contributed by atoms with Crippen molar-refractivity contribution < 1.29 is 14.2 Å². The van der Waals surface area contributed by atoms with E-state index < -0.39 is 0 Å². The molecule has 8 heteroatoms. The summed E-state index contributed by atoms with van der Waals surface area (Å²) in [6, 6.07) is 13.5. The Kier molecular flexibility index (Phi) is 6.16. The number of fused-ring (bicyclic) bond motifs is 1. The third-order valence-electron chi connectivity index (χ3n) is 4.73. The van der Waals surface area contributed by atoms with Gasteiger partial charge >= 0.3 is 0 Å². The first-order valence-electron chi connectivity index (χ1n) is 9.57. The molecule has 0 saturated heterocycles. The van der Waals surface area contributed by atoms with Gasteiger partial charge in [-0.25, -0.2) is 14.4 Å². The molecule has 4 rings (SSSR count). The lowest BCUT2D eigenvalue weighted by atomic mass is 10.2. The third kappa shape index (κ3) is 4.68. The van der Waals surface area contributed by atoms with Crippen molar-refractivity contribution in [2.75, 3.05) is 11.9 Å². The number of aromatic nitrogens is 3. The molecule has 0 fully saturated rings. The predicted octanol–water partition coefficient (Wildman–Crippen LogP) is 5.09. The number of rotatable bonds is 7. The number of nitrogens with zero attached hydrogens (tertiary/aromatic N) is 3. The van der Waals surface area contributed by atoms with E-state index in [4.69, 9.17) is 21.4 Å². The number of aliphatic hydroxyl groups is 1. The number of benzene rings is 2. The molecule has 0 aliphatic carbocycles. The van der Waals surface area contributed by atoms with Crippen LogP contribution in [0.2, 0.25) is 5.02 Å². The Bertz CT molecular complexity index is 1260. The fourth-order valence-electron chi connectivity index (χ4n) is 3.24. The fraction of sp³-hybridized carbons (Fsp3) is 0.130. The van der Waals surface area contributed by atoms with Gasteiger partial charge in [0.15, 0.2) is 5.82 Å². The van der Waals surface area contributed by atoms with E-state index in [2.05, 4.69) is 15.3 Å². The maximum atomic E-state index is 13.3. The van der Waals surface area contributed by atoms with Crippen molar-refractivity contribution in [3.05, 3.63) is 83.0 Å². The fourth-order valence-corrected chi connectivity index (χ4v) is 3.47. The molecule has 2 aromatic heterocycles. The molecule has 31 heavy (non-hydrogen) atoms. The van der Waals surface area contributed by atoms with E-state index in [0.29, 0.717) is 16.6 Å². The van der Waals surface area contributed by atoms with Crippen molar-refractivity contribution in [3.63, 3.8) is 0 Å². The smallest absolute Gasteiger partial charge is 0.158 e. The van der Waals surface area contributed by atoms with Gasteiger partial charge in [0.1, 0.15) is 30.0 Å². The quantitative estimate of drug-likeness (QED) is 0.420. The second-order valence-electron chi connectivity index (χ2n) is 6.86. The SMILES string of the molecule is Cn1c(C=CCO)cc2ncnc(Nc3ccc(OCc4cccc(F)c4)c(Cl)c3)c21. The molecule has 2 N–H and O–H groups in total. The maximum absolute atomic E-state index is 13.3. The van der Waals surface area contributed by atoms with Crippen molar-refractivity contribution in [1.82, 2.24) is 14.5 Å². The van der Waals surface area contributed by atoms with Crippen LogP contribution in [0, 0.1) is 5.82 Å². The lowest BCUT2D eigenvalue weighted by molar-refractivity contribution is 0.306. The van der Waals surface area contributed by atoms with Gasteiger partial charge in [0, 0.05) is 18.4 Å². The minimum Gasteiger partial charge on any atom is -0.487 e. The second-order valence-corrected chi connectivity index (χ2v) is 7.27. The average molecular weight is 439 g/mol. The summed E-state index contributed by atoms with van der Waals surface area (Å²) in [7, 11) is 1.91. The van der Waals surface area contributed by atoms with Crippen molar-refractivity contribution in [2.45, 2.75) is 6.61 Å². The molecule has 158 valence electrons. The summed E-state index contributed by atoms with van der Waals surface area (Å²) < 4.78 is 21.0. The monoisotopic (exact) mass is 438 g/mol. The number of aryl methyl sites for hydroxylation is 1. The van der Waals surface area contributed by atoms with Gasteiger partial charge in [-0.05, 0) is 48.0 Å². The lowest BCUT2D eigenvalue weighted by Crippen LogP contribution is -2.00. The molecular formula is C23H20ClFN4O2. The maximum Gasteiger partial charge on any atom is 0.158 e. The van der Waals surface area contributed by atoms with E-state index in [-0.39, 0.29) is 19.0 Å². The zero-order chi connectivity index (χ0) is 21.8. The van der Waals surface area contributed by atoms with Crippen LogP contribution in [0.1, 0.15) is 11.3 Å². The van der Waals surface area contributed by atoms with Crippen molar-refractivity contribution in [1.29, 1.82) is 0 Å². The number of anilines is 2. The summed E-state index contributed by atoms with van der Waals surface area (Å²) in [6.07, 6.45) is 4.98. The highest BCUT2D eigenvalue weighted by molar-refractivity contribution is 6.32. The molecule has 0 unspecified atom stereocenters. The molecule has 0 atom stereocenters. The molecular weight excluding hydrogens is 419 g/mol. The Morgan fingerprint density at radius 3 is 2.84 bits per heavy atom. The predicted molar refractivity (Wildman–Crippen MR) is 120 cm³/mol. The summed E-state index contributed by atoms with van der Waals surface area (Å²) in [6.45, 7) is 0.175. The van der Waals surface area contributed by atoms with E-state index in [1.807, 2.05) is 29.8 Å². The van der Waals surface area contributed by atoms with E-state index in [1.54, 1.807) is 30.3 Å². The standard InChI is InChI=1S/C23H20ClFN4O2/c1-29-18(6-3-9-30)12-20-22(29)23(27-14-26-20)28-17-7-8-21(19(24)11-17)31-13-15-4-2-5-16(25)10-15/h2-8,10-12,14,30H,9,13H2,1H3,(H,26,27,28). The summed E-state index contributed by atoms with van der Waals surface area (Å²) >= 11 is 6.39. The number of ether oxygens (including phenoxy) is 1. The van der Waals surface area contributed by atoms with Crippen LogP contribution in [0.15, 0.2) is 60.9 Å². The molecule has 0 aliphatic heterocycles. The lowest BCUT2D eigenvalue weighted by Gasteiger charge is -2.12. The zero-order valence-corrected chi connectivity index (χ0v) is 17.5. The highest BCUT2D eigenvalue weighted by Gasteiger charge is 2.12. The molecule has 0 spiro atoms. The molecule has 0 radical (unpaired) electrons. The minimum absolute atomic E-state index is 0.0373. The van der Waals surface area contributed by atoms with Gasteiger partial charge < -0.3 is 19.7 Å². The molecule has 6 nitrogen and oxygen atoms in total. The molecule has 0 saturated carbocycles. The Labute approximate surface area is 183 Å². The van der Waals surface area contributed by atoms with Crippen LogP contribution in [0.3, 0.4) is 0 Å². The number of halogens is 2. The van der Waals surface area contributed by atoms with Crippen LogP contribution in [0.25, 0.3) is 17.1 Å². The third-order valence-corrected chi connectivity index (χ3v) is 5.03. The van der Waals surface area contributed by atoms with Crippen molar-refractivity contribution in [2.24, 2.45) is 7.05 Å². The van der Waals surface area contributed by atoms with Gasteiger partial charge in [-0.3, -0.25) is 0 Å². The van der Waals surface area contributed by atoms with Crippen molar-refractivity contribution >= 4 is 40.2 Å². The normalized spacial score (nSPS) is 11.4. The number of aliphatic hydroxyl groups excluding tert-OH is 1. The molecule has 4 aromatic rings.